The largest absolute Gasteiger partial charge is 0.355 e. The van der Waals surface area contributed by atoms with E-state index in [1.165, 1.54) is 16.4 Å². The molecule has 1 aliphatic carbocycles. The first-order chi connectivity index (χ1) is 8.72. The minimum atomic E-state index is 0.0180. The van der Waals surface area contributed by atoms with Crippen LogP contribution >= 0.6 is 11.8 Å². The minimum absolute atomic E-state index is 0.0180. The molecule has 1 fully saturated rings. The van der Waals surface area contributed by atoms with Crippen LogP contribution in [0.5, 0.6) is 0 Å². The molecule has 0 aromatic carbocycles. The van der Waals surface area contributed by atoms with Crippen LogP contribution < -0.4 is 11.2 Å². The third-order valence-electron chi connectivity index (χ3n) is 2.82. The summed E-state index contributed by atoms with van der Waals surface area (Å²) in [5, 5.41) is 11.6. The van der Waals surface area contributed by atoms with Gasteiger partial charge in [0.25, 0.3) is 0 Å². The molecule has 1 saturated carbocycles. The molecule has 0 aliphatic heterocycles. The Hall–Kier alpha value is -1.24. The van der Waals surface area contributed by atoms with E-state index in [0.29, 0.717) is 16.8 Å². The SMILES string of the molecule is CCCCNC(=O)CSc1nnc(C2CC2)n1N. The van der Waals surface area contributed by atoms with Gasteiger partial charge in [0.15, 0.2) is 5.82 Å². The molecular formula is C11H19N5OS. The molecule has 7 heteroatoms. The third-order valence-corrected chi connectivity index (χ3v) is 3.76. The van der Waals surface area contributed by atoms with Gasteiger partial charge in [0.1, 0.15) is 0 Å². The summed E-state index contributed by atoms with van der Waals surface area (Å²) >= 11 is 1.33. The summed E-state index contributed by atoms with van der Waals surface area (Å²) in [5.74, 6) is 7.55. The Bertz CT molecular complexity index is 416. The number of carbonyl (C=O) groups is 1. The Kier molecular flexibility index (Phi) is 4.46. The lowest BCUT2D eigenvalue weighted by Crippen LogP contribution is -2.26. The number of aromatic nitrogens is 3. The molecule has 0 unspecified atom stereocenters. The van der Waals surface area contributed by atoms with Crippen molar-refractivity contribution in [3.63, 3.8) is 0 Å². The summed E-state index contributed by atoms with van der Waals surface area (Å²) in [4.78, 5) is 11.5. The van der Waals surface area contributed by atoms with Crippen LogP contribution in [-0.2, 0) is 4.79 Å². The number of nitrogens with two attached hydrogens (primary N) is 1. The summed E-state index contributed by atoms with van der Waals surface area (Å²) < 4.78 is 1.52. The van der Waals surface area contributed by atoms with Crippen molar-refractivity contribution in [2.45, 2.75) is 43.7 Å². The molecule has 1 heterocycles. The molecule has 0 radical (unpaired) electrons. The van der Waals surface area contributed by atoms with Gasteiger partial charge in [-0.3, -0.25) is 4.79 Å². The Morgan fingerprint density at radius 1 is 1.56 bits per heavy atom. The number of nitrogens with zero attached hydrogens (tertiary/aromatic N) is 3. The zero-order valence-corrected chi connectivity index (χ0v) is 11.4. The fraction of sp³-hybridized carbons (Fsp3) is 0.727. The summed E-state index contributed by atoms with van der Waals surface area (Å²) in [7, 11) is 0. The average Bonchev–Trinajstić information content (AvgIpc) is 3.12. The van der Waals surface area contributed by atoms with E-state index in [1.54, 1.807) is 0 Å². The minimum Gasteiger partial charge on any atom is -0.355 e. The maximum Gasteiger partial charge on any atom is 0.230 e. The van der Waals surface area contributed by atoms with Crippen molar-refractivity contribution in [2.24, 2.45) is 0 Å². The fourth-order valence-electron chi connectivity index (χ4n) is 1.59. The van der Waals surface area contributed by atoms with Gasteiger partial charge in [0, 0.05) is 12.5 Å². The quantitative estimate of drug-likeness (QED) is 0.436. The van der Waals surface area contributed by atoms with Gasteiger partial charge in [-0.2, -0.15) is 0 Å². The molecule has 18 heavy (non-hydrogen) atoms. The third kappa shape index (κ3) is 3.38. The van der Waals surface area contributed by atoms with Crippen molar-refractivity contribution in [2.75, 3.05) is 18.1 Å². The molecule has 1 aliphatic rings. The van der Waals surface area contributed by atoms with E-state index >= 15 is 0 Å². The van der Waals surface area contributed by atoms with E-state index in [0.717, 1.165) is 38.1 Å². The molecule has 3 N–H and O–H groups in total. The molecule has 0 saturated heterocycles. The highest BCUT2D eigenvalue weighted by Crippen LogP contribution is 2.39. The van der Waals surface area contributed by atoms with E-state index < -0.39 is 0 Å². The van der Waals surface area contributed by atoms with E-state index in [-0.39, 0.29) is 5.91 Å². The van der Waals surface area contributed by atoms with Crippen molar-refractivity contribution in [3.05, 3.63) is 5.82 Å². The van der Waals surface area contributed by atoms with Crippen molar-refractivity contribution in [1.82, 2.24) is 20.2 Å². The lowest BCUT2D eigenvalue weighted by atomic mass is 10.3. The summed E-state index contributed by atoms with van der Waals surface area (Å²) in [6.07, 6.45) is 4.36. The molecule has 0 bridgehead atoms. The van der Waals surface area contributed by atoms with Gasteiger partial charge in [-0.05, 0) is 19.3 Å². The Morgan fingerprint density at radius 2 is 2.33 bits per heavy atom. The van der Waals surface area contributed by atoms with Crippen LogP contribution in [0.15, 0.2) is 5.16 Å². The molecule has 2 rings (SSSR count). The van der Waals surface area contributed by atoms with Crippen LogP contribution in [0.3, 0.4) is 0 Å². The van der Waals surface area contributed by atoms with Gasteiger partial charge in [-0.15, -0.1) is 10.2 Å². The smallest absolute Gasteiger partial charge is 0.230 e. The lowest BCUT2D eigenvalue weighted by Gasteiger charge is -2.04. The summed E-state index contributed by atoms with van der Waals surface area (Å²) in [5.41, 5.74) is 0. The average molecular weight is 269 g/mol. The molecule has 0 spiro atoms. The summed E-state index contributed by atoms with van der Waals surface area (Å²) in [6, 6.07) is 0. The topological polar surface area (TPSA) is 85.8 Å². The number of hydrogen-bond acceptors (Lipinski definition) is 5. The second-order valence-corrected chi connectivity index (χ2v) is 5.42. The second-order valence-electron chi connectivity index (χ2n) is 4.48. The van der Waals surface area contributed by atoms with Crippen LogP contribution in [0.25, 0.3) is 0 Å². The number of carbonyl (C=O) groups excluding carboxylic acids is 1. The number of nitrogens with one attached hydrogen (secondary N) is 1. The number of unbranched alkanes of at least 4 members (excludes halogenated alkanes) is 1. The molecule has 6 nitrogen and oxygen atoms in total. The Balaban J connectivity index is 1.77. The standard InChI is InChI=1S/C11H19N5OS/c1-2-3-6-13-9(17)7-18-11-15-14-10(16(11)12)8-4-5-8/h8H,2-7,12H2,1H3,(H,13,17). The van der Waals surface area contributed by atoms with E-state index in [1.807, 2.05) is 0 Å². The van der Waals surface area contributed by atoms with Crippen LogP contribution in [0.1, 0.15) is 44.3 Å². The Morgan fingerprint density at radius 3 is 3.00 bits per heavy atom. The van der Waals surface area contributed by atoms with Gasteiger partial charge >= 0.3 is 0 Å². The molecule has 1 aromatic rings. The normalized spacial score (nSPS) is 14.7. The van der Waals surface area contributed by atoms with Crippen molar-refractivity contribution in [3.8, 4) is 0 Å². The first-order valence-corrected chi connectivity index (χ1v) is 7.30. The van der Waals surface area contributed by atoms with Gasteiger partial charge in [0.2, 0.25) is 11.1 Å². The van der Waals surface area contributed by atoms with E-state index in [9.17, 15) is 4.79 Å². The van der Waals surface area contributed by atoms with Crippen LogP contribution in [-0.4, -0.2) is 33.1 Å². The predicted octanol–water partition coefficient (Wildman–Crippen LogP) is 0.878. The monoisotopic (exact) mass is 269 g/mol. The highest BCUT2D eigenvalue weighted by molar-refractivity contribution is 7.99. The van der Waals surface area contributed by atoms with Crippen molar-refractivity contribution < 1.29 is 4.79 Å². The van der Waals surface area contributed by atoms with E-state index in [4.69, 9.17) is 5.84 Å². The number of thioether (sulfide) groups is 1. The van der Waals surface area contributed by atoms with Crippen molar-refractivity contribution >= 4 is 17.7 Å². The lowest BCUT2D eigenvalue weighted by molar-refractivity contribution is -0.118. The number of rotatable bonds is 7. The first-order valence-electron chi connectivity index (χ1n) is 6.32. The molecule has 0 atom stereocenters. The number of nitrogen functional groups attached to an aromatic ring is 1. The maximum absolute atomic E-state index is 11.5. The number of hydrogen-bond donors (Lipinski definition) is 2. The van der Waals surface area contributed by atoms with Gasteiger partial charge in [-0.1, -0.05) is 25.1 Å². The highest BCUT2D eigenvalue weighted by Gasteiger charge is 2.29. The molecule has 1 amide bonds. The molecular weight excluding hydrogens is 250 g/mol. The number of amides is 1. The van der Waals surface area contributed by atoms with Gasteiger partial charge in [-0.25, -0.2) is 4.68 Å². The second kappa shape index (κ2) is 6.08. The van der Waals surface area contributed by atoms with E-state index in [2.05, 4.69) is 22.4 Å². The summed E-state index contributed by atoms with van der Waals surface area (Å²) in [6.45, 7) is 2.83. The first kappa shape index (κ1) is 13.2. The van der Waals surface area contributed by atoms with Gasteiger partial charge in [0.05, 0.1) is 5.75 Å². The maximum atomic E-state index is 11.5. The van der Waals surface area contributed by atoms with Crippen LogP contribution in [0.4, 0.5) is 0 Å². The highest BCUT2D eigenvalue weighted by atomic mass is 32.2. The molecule has 1 aromatic heterocycles. The van der Waals surface area contributed by atoms with Crippen molar-refractivity contribution in [1.29, 1.82) is 0 Å². The molecule has 100 valence electrons. The fourth-order valence-corrected chi connectivity index (χ4v) is 2.29. The predicted molar refractivity (Wildman–Crippen MR) is 70.8 cm³/mol. The van der Waals surface area contributed by atoms with Gasteiger partial charge < -0.3 is 11.2 Å². The van der Waals surface area contributed by atoms with Crippen LogP contribution in [0, 0.1) is 0 Å². The zero-order valence-electron chi connectivity index (χ0n) is 10.6. The van der Waals surface area contributed by atoms with Crippen LogP contribution in [0.2, 0.25) is 0 Å². The zero-order chi connectivity index (χ0) is 13.0. The Labute approximate surface area is 111 Å².